The third-order valence-electron chi connectivity index (χ3n) is 1.82. The van der Waals surface area contributed by atoms with E-state index in [1.807, 2.05) is 0 Å². The van der Waals surface area contributed by atoms with Gasteiger partial charge in [0.15, 0.2) is 17.2 Å². The predicted octanol–water partition coefficient (Wildman–Crippen LogP) is 2.41. The van der Waals surface area contributed by atoms with Gasteiger partial charge < -0.3 is 0 Å². The van der Waals surface area contributed by atoms with Crippen molar-refractivity contribution in [2.24, 2.45) is 0 Å². The van der Waals surface area contributed by atoms with Crippen molar-refractivity contribution in [1.29, 1.82) is 0 Å². The van der Waals surface area contributed by atoms with Gasteiger partial charge in [0.2, 0.25) is 0 Å². The van der Waals surface area contributed by atoms with E-state index >= 15 is 0 Å². The standard InChI is InChI=1S/C12H8F2O2S/c1-8(16)17-6-2-3-9-4-5-11(13)10(7-15)12(9)14/h4-5,7H,6H2,1H3. The maximum absolute atomic E-state index is 13.5. The number of hydrogen-bond acceptors (Lipinski definition) is 3. The minimum absolute atomic E-state index is 0.0577. The first-order valence-corrected chi connectivity index (χ1v) is 5.60. The molecule has 5 heteroatoms. The lowest BCUT2D eigenvalue weighted by Crippen LogP contribution is -1.96. The fourth-order valence-corrected chi connectivity index (χ4v) is 1.39. The van der Waals surface area contributed by atoms with Crippen molar-refractivity contribution in [2.45, 2.75) is 6.92 Å². The van der Waals surface area contributed by atoms with Crippen molar-refractivity contribution in [3.8, 4) is 11.8 Å². The Morgan fingerprint density at radius 3 is 2.76 bits per heavy atom. The van der Waals surface area contributed by atoms with E-state index < -0.39 is 17.2 Å². The first-order chi connectivity index (χ1) is 8.06. The van der Waals surface area contributed by atoms with E-state index in [2.05, 4.69) is 11.8 Å². The first-order valence-electron chi connectivity index (χ1n) is 4.61. The highest BCUT2D eigenvalue weighted by molar-refractivity contribution is 8.13. The van der Waals surface area contributed by atoms with E-state index in [1.54, 1.807) is 0 Å². The highest BCUT2D eigenvalue weighted by Crippen LogP contribution is 2.14. The summed E-state index contributed by atoms with van der Waals surface area (Å²) < 4.78 is 26.4. The van der Waals surface area contributed by atoms with Crippen LogP contribution >= 0.6 is 11.8 Å². The molecule has 0 spiro atoms. The van der Waals surface area contributed by atoms with Gasteiger partial charge in [0, 0.05) is 6.92 Å². The minimum atomic E-state index is -0.972. The molecule has 1 aromatic carbocycles. The van der Waals surface area contributed by atoms with Crippen LogP contribution in [-0.2, 0) is 4.79 Å². The van der Waals surface area contributed by atoms with Crippen LogP contribution in [0.25, 0.3) is 0 Å². The summed E-state index contributed by atoms with van der Waals surface area (Å²) in [5.41, 5.74) is -0.686. The number of thioether (sulfide) groups is 1. The molecule has 0 radical (unpaired) electrons. The fraction of sp³-hybridized carbons (Fsp3) is 0.167. The lowest BCUT2D eigenvalue weighted by Gasteiger charge is -1.98. The Bertz CT molecular complexity index is 515. The SMILES string of the molecule is CC(=O)SCC#Cc1ccc(F)c(C=O)c1F. The van der Waals surface area contributed by atoms with E-state index in [0.717, 1.165) is 23.9 Å². The van der Waals surface area contributed by atoms with Crippen molar-refractivity contribution in [3.63, 3.8) is 0 Å². The van der Waals surface area contributed by atoms with Gasteiger partial charge in [0.05, 0.1) is 16.9 Å². The van der Waals surface area contributed by atoms with E-state index in [9.17, 15) is 18.4 Å². The number of hydrogen-bond donors (Lipinski definition) is 0. The van der Waals surface area contributed by atoms with Gasteiger partial charge in [-0.1, -0.05) is 23.6 Å². The molecule has 0 atom stereocenters. The third kappa shape index (κ3) is 3.68. The molecule has 0 unspecified atom stereocenters. The van der Waals surface area contributed by atoms with Crippen LogP contribution in [0.1, 0.15) is 22.8 Å². The molecule has 0 N–H and O–H groups in total. The number of halogens is 2. The quantitative estimate of drug-likeness (QED) is 0.600. The summed E-state index contributed by atoms with van der Waals surface area (Å²) in [5.74, 6) is 3.34. The Kier molecular flexibility index (Phi) is 4.85. The first kappa shape index (κ1) is 13.4. The average molecular weight is 254 g/mol. The van der Waals surface area contributed by atoms with Crippen LogP contribution < -0.4 is 0 Å². The van der Waals surface area contributed by atoms with Crippen molar-refractivity contribution in [3.05, 3.63) is 34.9 Å². The maximum Gasteiger partial charge on any atom is 0.186 e. The molecule has 1 rings (SSSR count). The van der Waals surface area contributed by atoms with Crippen LogP contribution in [0.4, 0.5) is 8.78 Å². The Balaban J connectivity index is 2.92. The highest BCUT2D eigenvalue weighted by Gasteiger charge is 2.11. The molecular weight excluding hydrogens is 246 g/mol. The lowest BCUT2D eigenvalue weighted by atomic mass is 10.1. The summed E-state index contributed by atoms with van der Waals surface area (Å²) in [6.45, 7) is 1.40. The van der Waals surface area contributed by atoms with E-state index in [1.165, 1.54) is 6.92 Å². The van der Waals surface area contributed by atoms with Crippen molar-refractivity contribution in [1.82, 2.24) is 0 Å². The molecule has 0 saturated heterocycles. The summed E-state index contributed by atoms with van der Waals surface area (Å²) in [4.78, 5) is 21.0. The second kappa shape index (κ2) is 6.16. The smallest absolute Gasteiger partial charge is 0.186 e. The van der Waals surface area contributed by atoms with Gasteiger partial charge in [0.1, 0.15) is 5.82 Å². The van der Waals surface area contributed by atoms with Gasteiger partial charge in [-0.05, 0) is 12.1 Å². The van der Waals surface area contributed by atoms with Crippen LogP contribution in [0.5, 0.6) is 0 Å². The molecule has 0 aromatic heterocycles. The van der Waals surface area contributed by atoms with Crippen molar-refractivity contribution < 1.29 is 18.4 Å². The summed E-state index contributed by atoms with van der Waals surface area (Å²) in [6.07, 6.45) is 0.111. The average Bonchev–Trinajstić information content (AvgIpc) is 2.27. The number of carbonyl (C=O) groups excluding carboxylic acids is 2. The zero-order chi connectivity index (χ0) is 12.8. The fourth-order valence-electron chi connectivity index (χ4n) is 1.04. The molecule has 0 fully saturated rings. The van der Waals surface area contributed by atoms with Crippen LogP contribution in [0.2, 0.25) is 0 Å². The normalized spacial score (nSPS) is 9.35. The number of rotatable bonds is 2. The molecule has 88 valence electrons. The second-order valence-corrected chi connectivity index (χ2v) is 4.17. The summed E-state index contributed by atoms with van der Waals surface area (Å²) in [7, 11) is 0. The van der Waals surface area contributed by atoms with Gasteiger partial charge in [-0.3, -0.25) is 9.59 Å². The van der Waals surface area contributed by atoms with Crippen molar-refractivity contribution in [2.75, 3.05) is 5.75 Å². The molecule has 17 heavy (non-hydrogen) atoms. The van der Waals surface area contributed by atoms with Crippen LogP contribution in [0.3, 0.4) is 0 Å². The van der Waals surface area contributed by atoms with Crippen LogP contribution in [-0.4, -0.2) is 17.2 Å². The third-order valence-corrected chi connectivity index (χ3v) is 2.51. The molecule has 0 aliphatic carbocycles. The van der Waals surface area contributed by atoms with E-state index in [0.29, 0.717) is 0 Å². The Morgan fingerprint density at radius 1 is 1.47 bits per heavy atom. The summed E-state index contributed by atoms with van der Waals surface area (Å²) in [5, 5.41) is -0.0903. The molecule has 0 aliphatic rings. The van der Waals surface area contributed by atoms with Gasteiger partial charge in [0.25, 0.3) is 0 Å². The number of aldehydes is 1. The molecule has 2 nitrogen and oxygen atoms in total. The molecule has 0 aliphatic heterocycles. The minimum Gasteiger partial charge on any atom is -0.298 e. The Morgan fingerprint density at radius 2 is 2.18 bits per heavy atom. The largest absolute Gasteiger partial charge is 0.298 e. The van der Waals surface area contributed by atoms with Gasteiger partial charge in [-0.15, -0.1) is 0 Å². The highest BCUT2D eigenvalue weighted by atomic mass is 32.2. The predicted molar refractivity (Wildman–Crippen MR) is 61.8 cm³/mol. The second-order valence-electron chi connectivity index (χ2n) is 3.02. The van der Waals surface area contributed by atoms with Gasteiger partial charge >= 0.3 is 0 Å². The molecule has 1 aromatic rings. The number of benzene rings is 1. The lowest BCUT2D eigenvalue weighted by molar-refractivity contribution is -0.109. The Hall–Kier alpha value is -1.67. The zero-order valence-electron chi connectivity index (χ0n) is 8.92. The topological polar surface area (TPSA) is 34.1 Å². The summed E-state index contributed by atoms with van der Waals surface area (Å²) >= 11 is 0.991. The molecule has 0 amide bonds. The van der Waals surface area contributed by atoms with Gasteiger partial charge in [-0.2, -0.15) is 0 Å². The van der Waals surface area contributed by atoms with Crippen molar-refractivity contribution >= 4 is 23.2 Å². The van der Waals surface area contributed by atoms with Crippen LogP contribution in [0, 0.1) is 23.5 Å². The monoisotopic (exact) mass is 254 g/mol. The number of carbonyl (C=O) groups is 2. The van der Waals surface area contributed by atoms with Gasteiger partial charge in [-0.25, -0.2) is 8.78 Å². The van der Waals surface area contributed by atoms with E-state index in [4.69, 9.17) is 0 Å². The molecule has 0 bridgehead atoms. The molecule has 0 heterocycles. The van der Waals surface area contributed by atoms with E-state index in [-0.39, 0.29) is 22.7 Å². The Labute approximate surface area is 101 Å². The molecule has 0 saturated carbocycles. The maximum atomic E-state index is 13.5. The molecular formula is C12H8F2O2S. The summed E-state index contributed by atoms with van der Waals surface area (Å²) in [6, 6.07) is 2.14. The zero-order valence-corrected chi connectivity index (χ0v) is 9.74. The van der Waals surface area contributed by atoms with Crippen LogP contribution in [0.15, 0.2) is 12.1 Å².